The van der Waals surface area contributed by atoms with Gasteiger partial charge in [-0.2, -0.15) is 0 Å². The maximum Gasteiger partial charge on any atom is 0.0978 e. The lowest BCUT2D eigenvalue weighted by atomic mass is 9.93. The third kappa shape index (κ3) is 6.05. The summed E-state index contributed by atoms with van der Waals surface area (Å²) in [6, 6.07) is 68.3. The molecule has 0 saturated heterocycles. The fraction of sp³-hybridized carbons (Fsp3) is 0. The van der Waals surface area contributed by atoms with Crippen molar-refractivity contribution in [2.45, 2.75) is 0 Å². The SMILES string of the molecule is c1ccc(-c2ccc(-c3cc(-c4cnc5ccccc5c4)c4ccc5c(-c6ccc(-c7ccccn7)cc6)cc(-c6ccc7ccccc7c6)nc5c4n3)cc2)cc1. The summed E-state index contributed by atoms with van der Waals surface area (Å²) >= 11 is 0. The van der Waals surface area contributed by atoms with E-state index in [2.05, 4.69) is 169 Å². The van der Waals surface area contributed by atoms with E-state index in [1.165, 1.54) is 16.3 Å². The van der Waals surface area contributed by atoms with Crippen LogP contribution < -0.4 is 0 Å². The van der Waals surface area contributed by atoms with Gasteiger partial charge >= 0.3 is 0 Å². The van der Waals surface area contributed by atoms with Crippen LogP contribution in [0.2, 0.25) is 0 Å². The van der Waals surface area contributed by atoms with E-state index in [0.717, 1.165) is 94.3 Å². The van der Waals surface area contributed by atoms with E-state index in [-0.39, 0.29) is 0 Å². The van der Waals surface area contributed by atoms with Crippen LogP contribution in [-0.4, -0.2) is 19.9 Å². The van der Waals surface area contributed by atoms with Crippen LogP contribution in [0.3, 0.4) is 0 Å². The largest absolute Gasteiger partial charge is 0.256 e. The Hall–Kier alpha value is -7.82. The van der Waals surface area contributed by atoms with Crippen molar-refractivity contribution in [3.05, 3.63) is 207 Å². The van der Waals surface area contributed by atoms with Crippen molar-refractivity contribution in [1.82, 2.24) is 19.9 Å². The summed E-state index contributed by atoms with van der Waals surface area (Å²) < 4.78 is 0. The van der Waals surface area contributed by atoms with E-state index in [9.17, 15) is 0 Å². The molecule has 0 spiro atoms. The summed E-state index contributed by atoms with van der Waals surface area (Å²) in [7, 11) is 0. The van der Waals surface area contributed by atoms with Crippen LogP contribution in [-0.2, 0) is 0 Å². The summed E-state index contributed by atoms with van der Waals surface area (Å²) in [4.78, 5) is 20.5. The first kappa shape index (κ1) is 33.5. The maximum atomic E-state index is 5.52. The van der Waals surface area contributed by atoms with Crippen molar-refractivity contribution in [3.8, 4) is 67.2 Å². The number of benzene rings is 7. The molecular formula is C54H34N4. The van der Waals surface area contributed by atoms with Crippen LogP contribution in [0, 0.1) is 0 Å². The highest BCUT2D eigenvalue weighted by Crippen LogP contribution is 2.40. The quantitative estimate of drug-likeness (QED) is 0.159. The number of hydrogen-bond donors (Lipinski definition) is 0. The normalized spacial score (nSPS) is 11.4. The average Bonchev–Trinajstić information content (AvgIpc) is 3.31. The highest BCUT2D eigenvalue weighted by Gasteiger charge is 2.18. The summed E-state index contributed by atoms with van der Waals surface area (Å²) in [6.45, 7) is 0. The Morgan fingerprint density at radius 3 is 1.55 bits per heavy atom. The second-order valence-corrected chi connectivity index (χ2v) is 14.7. The van der Waals surface area contributed by atoms with Gasteiger partial charge < -0.3 is 0 Å². The van der Waals surface area contributed by atoms with Crippen molar-refractivity contribution in [1.29, 1.82) is 0 Å². The van der Waals surface area contributed by atoms with E-state index >= 15 is 0 Å². The number of fused-ring (bicyclic) bond motifs is 5. The van der Waals surface area contributed by atoms with Crippen molar-refractivity contribution >= 4 is 43.5 Å². The minimum Gasteiger partial charge on any atom is -0.256 e. The Bertz CT molecular complexity index is 3310. The maximum absolute atomic E-state index is 5.52. The Balaban J connectivity index is 1.17. The molecule has 0 unspecified atom stereocenters. The molecule has 0 aliphatic rings. The van der Waals surface area contributed by atoms with Crippen molar-refractivity contribution < 1.29 is 0 Å². The molecule has 4 nitrogen and oxygen atoms in total. The van der Waals surface area contributed by atoms with Gasteiger partial charge in [-0.15, -0.1) is 0 Å². The number of rotatable bonds is 6. The second-order valence-electron chi connectivity index (χ2n) is 14.7. The van der Waals surface area contributed by atoms with Crippen LogP contribution in [0.4, 0.5) is 0 Å². The summed E-state index contributed by atoms with van der Waals surface area (Å²) in [5.41, 5.74) is 15.2. The zero-order valence-corrected chi connectivity index (χ0v) is 31.4. The molecule has 11 aromatic rings. The Labute approximate surface area is 335 Å². The first-order chi connectivity index (χ1) is 28.7. The monoisotopic (exact) mass is 738 g/mol. The lowest BCUT2D eigenvalue weighted by molar-refractivity contribution is 1.33. The molecule has 4 heterocycles. The molecule has 11 rings (SSSR count). The van der Waals surface area contributed by atoms with Crippen LogP contribution >= 0.6 is 0 Å². The second kappa shape index (κ2) is 14.0. The number of hydrogen-bond acceptors (Lipinski definition) is 4. The van der Waals surface area contributed by atoms with Gasteiger partial charge in [-0.1, -0.05) is 152 Å². The Morgan fingerprint density at radius 1 is 0.293 bits per heavy atom. The van der Waals surface area contributed by atoms with Gasteiger partial charge in [0.1, 0.15) is 0 Å². The van der Waals surface area contributed by atoms with E-state index in [1.807, 2.05) is 42.7 Å². The number of aromatic nitrogens is 4. The van der Waals surface area contributed by atoms with Gasteiger partial charge in [0.2, 0.25) is 0 Å². The lowest BCUT2D eigenvalue weighted by Gasteiger charge is -2.16. The van der Waals surface area contributed by atoms with Gasteiger partial charge in [0, 0.05) is 50.8 Å². The molecule has 0 aliphatic heterocycles. The molecule has 0 atom stereocenters. The van der Waals surface area contributed by atoms with E-state index in [4.69, 9.17) is 15.0 Å². The van der Waals surface area contributed by atoms with Gasteiger partial charge in [0.25, 0.3) is 0 Å². The predicted molar refractivity (Wildman–Crippen MR) is 240 cm³/mol. The molecule has 58 heavy (non-hydrogen) atoms. The topological polar surface area (TPSA) is 51.6 Å². The number of nitrogens with zero attached hydrogens (tertiary/aromatic N) is 4. The molecule has 0 amide bonds. The smallest absolute Gasteiger partial charge is 0.0978 e. The van der Waals surface area contributed by atoms with Crippen LogP contribution in [0.25, 0.3) is 111 Å². The lowest BCUT2D eigenvalue weighted by Crippen LogP contribution is -1.96. The fourth-order valence-corrected chi connectivity index (χ4v) is 8.13. The van der Waals surface area contributed by atoms with Gasteiger partial charge in [0.15, 0.2) is 0 Å². The molecule has 4 aromatic heterocycles. The van der Waals surface area contributed by atoms with Crippen molar-refractivity contribution in [2.75, 3.05) is 0 Å². The molecule has 0 radical (unpaired) electrons. The molecule has 7 aromatic carbocycles. The first-order valence-electron chi connectivity index (χ1n) is 19.5. The summed E-state index contributed by atoms with van der Waals surface area (Å²) in [6.07, 6.45) is 3.82. The molecule has 4 heteroatoms. The minimum atomic E-state index is 0.847. The number of pyridine rings is 4. The van der Waals surface area contributed by atoms with Gasteiger partial charge in [-0.05, 0) is 81.1 Å². The molecule has 0 bridgehead atoms. The van der Waals surface area contributed by atoms with Gasteiger partial charge in [0.05, 0.1) is 33.6 Å². The summed E-state index contributed by atoms with van der Waals surface area (Å²) in [5.74, 6) is 0. The van der Waals surface area contributed by atoms with E-state index in [1.54, 1.807) is 0 Å². The zero-order chi connectivity index (χ0) is 38.4. The molecule has 0 aliphatic carbocycles. The van der Waals surface area contributed by atoms with Gasteiger partial charge in [-0.25, -0.2) is 9.97 Å². The highest BCUT2D eigenvalue weighted by molar-refractivity contribution is 6.13. The summed E-state index contributed by atoms with van der Waals surface area (Å²) in [5, 5.41) is 5.52. The van der Waals surface area contributed by atoms with Gasteiger partial charge in [-0.3, -0.25) is 9.97 Å². The van der Waals surface area contributed by atoms with E-state index < -0.39 is 0 Å². The fourth-order valence-electron chi connectivity index (χ4n) is 8.13. The van der Waals surface area contributed by atoms with Crippen LogP contribution in [0.5, 0.6) is 0 Å². The van der Waals surface area contributed by atoms with Crippen LogP contribution in [0.1, 0.15) is 0 Å². The third-order valence-corrected chi connectivity index (χ3v) is 11.1. The van der Waals surface area contributed by atoms with E-state index in [0.29, 0.717) is 0 Å². The minimum absolute atomic E-state index is 0.847. The predicted octanol–water partition coefficient (Wildman–Crippen LogP) is 13.9. The molecule has 0 N–H and O–H groups in total. The zero-order valence-electron chi connectivity index (χ0n) is 31.4. The standard InChI is InChI=1S/C54H34N4/c1-2-10-35(11-3-1)37-17-22-40(23-18-37)51-33-48(44-31-42-14-6-7-15-50(42)56-34-44)46-28-27-45-47(38-20-24-39(25-21-38)49-16-8-9-29-55-49)32-52(58-53(45)54(46)57-51)43-26-19-36-12-4-5-13-41(36)30-43/h1-34H. The Morgan fingerprint density at radius 2 is 0.828 bits per heavy atom. The first-order valence-corrected chi connectivity index (χ1v) is 19.5. The molecular weight excluding hydrogens is 705 g/mol. The van der Waals surface area contributed by atoms with Crippen molar-refractivity contribution in [3.63, 3.8) is 0 Å². The molecule has 270 valence electrons. The molecule has 0 saturated carbocycles. The third-order valence-electron chi connectivity index (χ3n) is 11.1. The van der Waals surface area contributed by atoms with Crippen LogP contribution in [0.15, 0.2) is 207 Å². The Kier molecular flexibility index (Phi) is 8.11. The number of para-hydroxylation sites is 1. The average molecular weight is 739 g/mol. The van der Waals surface area contributed by atoms with Crippen molar-refractivity contribution in [2.24, 2.45) is 0 Å². The highest BCUT2D eigenvalue weighted by atomic mass is 14.8. The molecule has 0 fully saturated rings.